The Morgan fingerprint density at radius 3 is 2.75 bits per heavy atom. The van der Waals surface area contributed by atoms with Gasteiger partial charge in [0.05, 0.1) is 22.4 Å². The van der Waals surface area contributed by atoms with Crippen molar-refractivity contribution in [3.63, 3.8) is 0 Å². The lowest BCUT2D eigenvalue weighted by atomic mass is 9.77. The first kappa shape index (κ1) is 12.1. The maximum absolute atomic E-state index is 6.43. The van der Waals surface area contributed by atoms with Crippen molar-refractivity contribution in [1.29, 1.82) is 0 Å². The van der Waals surface area contributed by atoms with E-state index < -0.39 is 0 Å². The van der Waals surface area contributed by atoms with Gasteiger partial charge in [0.15, 0.2) is 0 Å². The van der Waals surface area contributed by atoms with Crippen LogP contribution >= 0.6 is 15.9 Å². The van der Waals surface area contributed by atoms with Crippen LogP contribution < -0.4 is 5.73 Å². The van der Waals surface area contributed by atoms with Gasteiger partial charge in [0.25, 0.3) is 0 Å². The van der Waals surface area contributed by atoms with E-state index in [1.54, 1.807) is 0 Å². The molecule has 2 atom stereocenters. The summed E-state index contributed by atoms with van der Waals surface area (Å²) < 4.78 is 2.92. The van der Waals surface area contributed by atoms with E-state index in [1.165, 1.54) is 19.3 Å². The maximum Gasteiger partial charge on any atom is 0.0693 e. The zero-order valence-corrected chi connectivity index (χ0v) is 11.8. The average molecular weight is 286 g/mol. The summed E-state index contributed by atoms with van der Waals surface area (Å²) in [6, 6.07) is 0.0828. The van der Waals surface area contributed by atoms with E-state index in [9.17, 15) is 0 Å². The highest BCUT2D eigenvalue weighted by Gasteiger charge is 2.40. The third-order valence-electron chi connectivity index (χ3n) is 4.03. The lowest BCUT2D eigenvalue weighted by molar-refractivity contribution is 0.217. The highest BCUT2D eigenvalue weighted by atomic mass is 79.9. The van der Waals surface area contributed by atoms with Crippen LogP contribution in [0.15, 0.2) is 10.7 Å². The predicted octanol–water partition coefficient (Wildman–Crippen LogP) is 3.01. The van der Waals surface area contributed by atoms with Gasteiger partial charge in [0, 0.05) is 7.05 Å². The van der Waals surface area contributed by atoms with Crippen LogP contribution in [0.3, 0.4) is 0 Å². The van der Waals surface area contributed by atoms with E-state index in [-0.39, 0.29) is 6.04 Å². The molecule has 1 aromatic rings. The van der Waals surface area contributed by atoms with Crippen LogP contribution in [0, 0.1) is 11.3 Å². The monoisotopic (exact) mass is 285 g/mol. The van der Waals surface area contributed by atoms with Gasteiger partial charge < -0.3 is 5.73 Å². The number of halogens is 1. The fourth-order valence-corrected chi connectivity index (χ4v) is 3.62. The zero-order valence-electron chi connectivity index (χ0n) is 10.2. The number of hydrogen-bond donors (Lipinski definition) is 1. The van der Waals surface area contributed by atoms with E-state index in [1.807, 2.05) is 17.9 Å². The lowest BCUT2D eigenvalue weighted by Gasteiger charge is -2.32. The van der Waals surface area contributed by atoms with Crippen LogP contribution in [0.2, 0.25) is 0 Å². The Morgan fingerprint density at radius 1 is 1.62 bits per heavy atom. The van der Waals surface area contributed by atoms with Crippen LogP contribution in [0.25, 0.3) is 0 Å². The first-order valence-corrected chi connectivity index (χ1v) is 6.66. The second-order valence-electron chi connectivity index (χ2n) is 5.51. The fourth-order valence-electron chi connectivity index (χ4n) is 3.01. The van der Waals surface area contributed by atoms with Gasteiger partial charge in [-0.3, -0.25) is 4.68 Å². The van der Waals surface area contributed by atoms with E-state index in [0.29, 0.717) is 11.3 Å². The number of hydrogen-bond acceptors (Lipinski definition) is 2. The van der Waals surface area contributed by atoms with Gasteiger partial charge in [-0.05, 0) is 40.1 Å². The number of nitrogens with two attached hydrogens (primary N) is 1. The van der Waals surface area contributed by atoms with E-state index in [2.05, 4.69) is 34.9 Å². The molecule has 4 heteroatoms. The minimum Gasteiger partial charge on any atom is -0.322 e. The number of rotatable bonds is 2. The molecule has 1 saturated carbocycles. The first-order chi connectivity index (χ1) is 7.43. The van der Waals surface area contributed by atoms with Crippen molar-refractivity contribution in [2.75, 3.05) is 0 Å². The Balaban J connectivity index is 2.29. The normalized spacial score (nSPS) is 25.9. The van der Waals surface area contributed by atoms with Gasteiger partial charge >= 0.3 is 0 Å². The number of nitrogens with zero attached hydrogens (tertiary/aromatic N) is 2. The molecule has 0 spiro atoms. The third kappa shape index (κ3) is 1.93. The Hall–Kier alpha value is -0.350. The summed E-state index contributed by atoms with van der Waals surface area (Å²) in [5, 5.41) is 4.25. The van der Waals surface area contributed by atoms with E-state index in [0.717, 1.165) is 10.2 Å². The maximum atomic E-state index is 6.43. The third-order valence-corrected chi connectivity index (χ3v) is 4.64. The highest BCUT2D eigenvalue weighted by molar-refractivity contribution is 9.10. The molecule has 0 saturated heterocycles. The molecular formula is C12H20BrN3. The molecule has 2 rings (SSSR count). The smallest absolute Gasteiger partial charge is 0.0693 e. The van der Waals surface area contributed by atoms with E-state index >= 15 is 0 Å². The molecule has 16 heavy (non-hydrogen) atoms. The molecule has 1 aliphatic rings. The Kier molecular flexibility index (Phi) is 3.14. The van der Waals surface area contributed by atoms with Crippen molar-refractivity contribution >= 4 is 15.9 Å². The lowest BCUT2D eigenvalue weighted by Crippen LogP contribution is -2.31. The summed E-state index contributed by atoms with van der Waals surface area (Å²) in [6.07, 6.45) is 5.63. The molecule has 0 radical (unpaired) electrons. The summed E-state index contributed by atoms with van der Waals surface area (Å²) in [6.45, 7) is 4.66. The van der Waals surface area contributed by atoms with Gasteiger partial charge in [-0.25, -0.2) is 0 Å². The Labute approximate surface area is 106 Å². The molecule has 2 unspecified atom stereocenters. The van der Waals surface area contributed by atoms with Crippen LogP contribution in [-0.2, 0) is 7.05 Å². The summed E-state index contributed by atoms with van der Waals surface area (Å²) in [5.41, 5.74) is 7.91. The minimum atomic E-state index is 0.0828. The standard InChI is InChI=1S/C12H20BrN3/c1-12(2)6-4-5-8(12)10(14)11-9(13)7-15-16(11)3/h7-8,10H,4-6,14H2,1-3H3. The highest BCUT2D eigenvalue weighted by Crippen LogP contribution is 2.48. The molecule has 1 fully saturated rings. The quantitative estimate of drug-likeness (QED) is 0.908. The van der Waals surface area contributed by atoms with Crippen molar-refractivity contribution in [2.45, 2.75) is 39.2 Å². The van der Waals surface area contributed by atoms with Crippen LogP contribution in [-0.4, -0.2) is 9.78 Å². The first-order valence-electron chi connectivity index (χ1n) is 5.86. The van der Waals surface area contributed by atoms with Crippen LogP contribution in [0.5, 0.6) is 0 Å². The number of aromatic nitrogens is 2. The Bertz CT molecular complexity index is 364. The molecule has 1 heterocycles. The van der Waals surface area contributed by atoms with Crippen molar-refractivity contribution in [2.24, 2.45) is 24.1 Å². The van der Waals surface area contributed by atoms with Crippen molar-refractivity contribution < 1.29 is 0 Å². The van der Waals surface area contributed by atoms with Gasteiger partial charge in [-0.15, -0.1) is 0 Å². The van der Waals surface area contributed by atoms with Gasteiger partial charge in [0.1, 0.15) is 0 Å². The molecule has 90 valence electrons. The molecule has 0 amide bonds. The molecule has 0 aliphatic heterocycles. The summed E-state index contributed by atoms with van der Waals surface area (Å²) in [5.74, 6) is 0.555. The second-order valence-corrected chi connectivity index (χ2v) is 6.37. The molecule has 1 aromatic heterocycles. The second kappa shape index (κ2) is 4.15. The predicted molar refractivity (Wildman–Crippen MR) is 69.0 cm³/mol. The molecule has 3 nitrogen and oxygen atoms in total. The molecule has 0 aromatic carbocycles. The SMILES string of the molecule is Cn1ncc(Br)c1C(N)C1CCCC1(C)C. The zero-order chi connectivity index (χ0) is 11.9. The summed E-state index contributed by atoms with van der Waals surface area (Å²) >= 11 is 3.54. The average Bonchev–Trinajstić information content (AvgIpc) is 2.69. The van der Waals surface area contributed by atoms with Crippen LogP contribution in [0.1, 0.15) is 44.8 Å². The largest absolute Gasteiger partial charge is 0.322 e. The summed E-state index contributed by atoms with van der Waals surface area (Å²) in [7, 11) is 1.96. The van der Waals surface area contributed by atoms with E-state index in [4.69, 9.17) is 5.73 Å². The summed E-state index contributed by atoms with van der Waals surface area (Å²) in [4.78, 5) is 0. The fraction of sp³-hybridized carbons (Fsp3) is 0.750. The van der Waals surface area contributed by atoms with Crippen molar-refractivity contribution in [3.05, 3.63) is 16.4 Å². The molecule has 2 N–H and O–H groups in total. The topological polar surface area (TPSA) is 43.8 Å². The van der Waals surface area contributed by atoms with Crippen molar-refractivity contribution in [3.8, 4) is 0 Å². The molecular weight excluding hydrogens is 266 g/mol. The Morgan fingerprint density at radius 2 is 2.31 bits per heavy atom. The van der Waals surface area contributed by atoms with Gasteiger partial charge in [-0.2, -0.15) is 5.10 Å². The van der Waals surface area contributed by atoms with Gasteiger partial charge in [-0.1, -0.05) is 20.3 Å². The van der Waals surface area contributed by atoms with Gasteiger partial charge in [0.2, 0.25) is 0 Å². The van der Waals surface area contributed by atoms with Crippen molar-refractivity contribution in [1.82, 2.24) is 9.78 Å². The van der Waals surface area contributed by atoms with Crippen LogP contribution in [0.4, 0.5) is 0 Å². The minimum absolute atomic E-state index is 0.0828. The molecule has 0 bridgehead atoms. The number of aryl methyl sites for hydroxylation is 1. The molecule has 1 aliphatic carbocycles.